The average molecular weight is 298 g/mol. The van der Waals surface area contributed by atoms with E-state index in [9.17, 15) is 8.78 Å². The van der Waals surface area contributed by atoms with Gasteiger partial charge in [0.25, 0.3) is 0 Å². The van der Waals surface area contributed by atoms with Gasteiger partial charge in [0, 0.05) is 12.8 Å². The van der Waals surface area contributed by atoms with Gasteiger partial charge in [0.05, 0.1) is 0 Å². The average Bonchev–Trinajstić information content (AvgIpc) is 2.45. The highest BCUT2D eigenvalue weighted by atomic mass is 19.3. The summed E-state index contributed by atoms with van der Waals surface area (Å²) in [6.07, 6.45) is 1.30. The second-order valence-corrected chi connectivity index (χ2v) is 5.53. The van der Waals surface area contributed by atoms with Gasteiger partial charge in [0.15, 0.2) is 0 Å². The van der Waals surface area contributed by atoms with E-state index in [1.165, 1.54) is 5.56 Å². The summed E-state index contributed by atoms with van der Waals surface area (Å²) in [5.74, 6) is -2.13. The Bertz CT molecular complexity index is 360. The van der Waals surface area contributed by atoms with Crippen LogP contribution in [0.3, 0.4) is 0 Å². The second kappa shape index (κ2) is 9.85. The molecule has 1 saturated carbocycles. The summed E-state index contributed by atoms with van der Waals surface area (Å²) in [7, 11) is 0. The van der Waals surface area contributed by atoms with Gasteiger partial charge in [-0.2, -0.15) is 0 Å². The van der Waals surface area contributed by atoms with Crippen LogP contribution in [0.5, 0.6) is 0 Å². The van der Waals surface area contributed by atoms with E-state index < -0.39 is 5.92 Å². The number of benzene rings is 1. The lowest BCUT2D eigenvalue weighted by molar-refractivity contribution is -0.109. The SMILES string of the molecule is CCNCC1CC(F)(F)C1.CCNCCc1ccccc1. The van der Waals surface area contributed by atoms with E-state index in [-0.39, 0.29) is 18.8 Å². The van der Waals surface area contributed by atoms with Crippen LogP contribution in [0.4, 0.5) is 8.78 Å². The molecule has 2 rings (SSSR count). The van der Waals surface area contributed by atoms with Crippen LogP contribution in [0, 0.1) is 5.92 Å². The van der Waals surface area contributed by atoms with Gasteiger partial charge in [-0.15, -0.1) is 0 Å². The summed E-state index contributed by atoms with van der Waals surface area (Å²) in [6, 6.07) is 10.5. The molecule has 1 aliphatic carbocycles. The molecule has 0 spiro atoms. The summed E-state index contributed by atoms with van der Waals surface area (Å²) in [5.41, 5.74) is 1.41. The third kappa shape index (κ3) is 8.12. The number of rotatable bonds is 7. The van der Waals surface area contributed by atoms with Crippen LogP contribution in [-0.2, 0) is 6.42 Å². The van der Waals surface area contributed by atoms with E-state index in [0.717, 1.165) is 32.6 Å². The van der Waals surface area contributed by atoms with Crippen molar-refractivity contribution in [3.05, 3.63) is 35.9 Å². The zero-order valence-electron chi connectivity index (χ0n) is 13.2. The first kappa shape index (κ1) is 18.1. The Morgan fingerprint density at radius 3 is 2.19 bits per heavy atom. The third-order valence-corrected chi connectivity index (χ3v) is 3.54. The Morgan fingerprint density at radius 1 is 1.05 bits per heavy atom. The van der Waals surface area contributed by atoms with E-state index in [1.54, 1.807) is 0 Å². The molecule has 0 heterocycles. The normalized spacial score (nSPS) is 16.8. The molecule has 1 aliphatic rings. The lowest BCUT2D eigenvalue weighted by Gasteiger charge is -2.34. The highest BCUT2D eigenvalue weighted by Gasteiger charge is 2.44. The smallest absolute Gasteiger partial charge is 0.248 e. The maximum Gasteiger partial charge on any atom is 0.248 e. The molecule has 1 aromatic carbocycles. The second-order valence-electron chi connectivity index (χ2n) is 5.53. The Kier molecular flexibility index (Phi) is 8.47. The maximum atomic E-state index is 12.2. The van der Waals surface area contributed by atoms with Gasteiger partial charge >= 0.3 is 0 Å². The van der Waals surface area contributed by atoms with Gasteiger partial charge in [-0.1, -0.05) is 44.2 Å². The monoisotopic (exact) mass is 298 g/mol. The molecular formula is C17H28F2N2. The van der Waals surface area contributed by atoms with Crippen LogP contribution >= 0.6 is 0 Å². The van der Waals surface area contributed by atoms with Gasteiger partial charge in [0.2, 0.25) is 5.92 Å². The Labute approximate surface area is 127 Å². The van der Waals surface area contributed by atoms with Gasteiger partial charge in [-0.05, 0) is 44.1 Å². The van der Waals surface area contributed by atoms with Crippen LogP contribution in [0.25, 0.3) is 0 Å². The number of hydrogen-bond acceptors (Lipinski definition) is 2. The maximum absolute atomic E-state index is 12.2. The zero-order valence-corrected chi connectivity index (χ0v) is 13.2. The van der Waals surface area contributed by atoms with Crippen LogP contribution in [0.1, 0.15) is 32.3 Å². The van der Waals surface area contributed by atoms with E-state index >= 15 is 0 Å². The highest BCUT2D eigenvalue weighted by molar-refractivity contribution is 5.14. The molecule has 4 heteroatoms. The summed E-state index contributed by atoms with van der Waals surface area (Å²) >= 11 is 0. The van der Waals surface area contributed by atoms with Gasteiger partial charge in [-0.3, -0.25) is 0 Å². The third-order valence-electron chi connectivity index (χ3n) is 3.54. The topological polar surface area (TPSA) is 24.1 Å². The number of alkyl halides is 2. The molecule has 2 N–H and O–H groups in total. The zero-order chi connectivity index (χ0) is 15.6. The predicted molar refractivity (Wildman–Crippen MR) is 84.9 cm³/mol. The fourth-order valence-electron chi connectivity index (χ4n) is 2.33. The van der Waals surface area contributed by atoms with Crippen molar-refractivity contribution in [3.8, 4) is 0 Å². The Hall–Kier alpha value is -1.00. The van der Waals surface area contributed by atoms with Crippen molar-refractivity contribution < 1.29 is 8.78 Å². The Morgan fingerprint density at radius 2 is 1.67 bits per heavy atom. The molecule has 0 saturated heterocycles. The molecule has 1 fully saturated rings. The fourth-order valence-corrected chi connectivity index (χ4v) is 2.33. The van der Waals surface area contributed by atoms with Crippen LogP contribution in [0.15, 0.2) is 30.3 Å². The standard InChI is InChI=1S/C10H15N.C7H13F2N/c1-2-11-9-8-10-6-4-3-5-7-10;1-2-10-5-6-3-7(8,9)4-6/h3-7,11H,2,8-9H2,1H3;6,10H,2-5H2,1H3. The lowest BCUT2D eigenvalue weighted by Crippen LogP contribution is -2.40. The number of hydrogen-bond donors (Lipinski definition) is 2. The first-order valence-corrected chi connectivity index (χ1v) is 7.90. The minimum Gasteiger partial charge on any atom is -0.317 e. The largest absolute Gasteiger partial charge is 0.317 e. The highest BCUT2D eigenvalue weighted by Crippen LogP contribution is 2.41. The van der Waals surface area contributed by atoms with Gasteiger partial charge in [0.1, 0.15) is 0 Å². The molecule has 2 nitrogen and oxygen atoms in total. The number of nitrogens with one attached hydrogen (secondary N) is 2. The fraction of sp³-hybridized carbons (Fsp3) is 0.647. The summed E-state index contributed by atoms with van der Waals surface area (Å²) in [4.78, 5) is 0. The molecule has 0 amide bonds. The molecule has 0 bridgehead atoms. The van der Waals surface area contributed by atoms with Crippen LogP contribution in [0.2, 0.25) is 0 Å². The van der Waals surface area contributed by atoms with Crippen molar-refractivity contribution in [2.75, 3.05) is 26.2 Å². The van der Waals surface area contributed by atoms with E-state index in [4.69, 9.17) is 0 Å². The molecule has 0 unspecified atom stereocenters. The van der Waals surface area contributed by atoms with E-state index in [2.05, 4.69) is 47.9 Å². The Balaban J connectivity index is 0.000000211. The molecule has 120 valence electrons. The molecule has 0 aliphatic heterocycles. The minimum atomic E-state index is -2.35. The predicted octanol–water partition coefficient (Wildman–Crippen LogP) is 3.48. The van der Waals surface area contributed by atoms with Crippen molar-refractivity contribution in [3.63, 3.8) is 0 Å². The van der Waals surface area contributed by atoms with Crippen molar-refractivity contribution in [1.82, 2.24) is 10.6 Å². The van der Waals surface area contributed by atoms with Gasteiger partial charge in [-0.25, -0.2) is 8.78 Å². The van der Waals surface area contributed by atoms with Crippen LogP contribution in [-0.4, -0.2) is 32.1 Å². The number of halogens is 2. The first-order chi connectivity index (χ1) is 10.1. The first-order valence-electron chi connectivity index (χ1n) is 7.90. The molecule has 21 heavy (non-hydrogen) atoms. The molecule has 1 aromatic rings. The van der Waals surface area contributed by atoms with Crippen LogP contribution < -0.4 is 10.6 Å². The summed E-state index contributed by atoms with van der Waals surface area (Å²) < 4.78 is 24.4. The van der Waals surface area contributed by atoms with E-state index in [1.807, 2.05) is 6.92 Å². The minimum absolute atomic E-state index is 0.0833. The van der Waals surface area contributed by atoms with Crippen molar-refractivity contribution >= 4 is 0 Å². The van der Waals surface area contributed by atoms with Gasteiger partial charge < -0.3 is 10.6 Å². The van der Waals surface area contributed by atoms with Crippen molar-refractivity contribution in [2.24, 2.45) is 5.92 Å². The van der Waals surface area contributed by atoms with Crippen molar-refractivity contribution in [1.29, 1.82) is 0 Å². The summed E-state index contributed by atoms with van der Waals surface area (Å²) in [6.45, 7) is 7.89. The molecular weight excluding hydrogens is 270 g/mol. The molecule has 0 radical (unpaired) electrons. The molecule has 0 atom stereocenters. The quantitative estimate of drug-likeness (QED) is 0.753. The molecule has 0 aromatic heterocycles. The summed E-state index contributed by atoms with van der Waals surface area (Å²) in [5, 5.41) is 6.35. The lowest BCUT2D eigenvalue weighted by atomic mass is 9.81. The van der Waals surface area contributed by atoms with E-state index in [0.29, 0.717) is 0 Å². The van der Waals surface area contributed by atoms with Crippen molar-refractivity contribution in [2.45, 2.75) is 39.0 Å². The number of likely N-dealkylation sites (N-methyl/N-ethyl adjacent to an activating group) is 1.